The zero-order valence-corrected chi connectivity index (χ0v) is 12.0. The minimum absolute atomic E-state index is 0.0758. The highest BCUT2D eigenvalue weighted by Gasteiger charge is 2.03. The van der Waals surface area contributed by atoms with Gasteiger partial charge >= 0.3 is 5.97 Å². The van der Waals surface area contributed by atoms with Crippen LogP contribution in [-0.2, 0) is 9.53 Å². The molecule has 106 valence electrons. The average Bonchev–Trinajstić information content (AvgIpc) is 2.43. The first-order valence-electron chi connectivity index (χ1n) is 7.18. The average molecular weight is 263 g/mol. The van der Waals surface area contributed by atoms with Gasteiger partial charge < -0.3 is 10.1 Å². The number of hydrogen-bond acceptors (Lipinski definition) is 3. The number of ether oxygens (including phenoxy) is 1. The molecule has 0 aliphatic carbocycles. The van der Waals surface area contributed by atoms with Gasteiger partial charge in [0, 0.05) is 12.5 Å². The minimum atomic E-state index is -0.0758. The van der Waals surface area contributed by atoms with Gasteiger partial charge in [-0.2, -0.15) is 0 Å². The third-order valence-corrected chi connectivity index (χ3v) is 3.11. The molecule has 1 aromatic carbocycles. The van der Waals surface area contributed by atoms with Crippen LogP contribution in [0.25, 0.3) is 0 Å². The van der Waals surface area contributed by atoms with E-state index in [1.807, 2.05) is 13.0 Å². The van der Waals surface area contributed by atoms with Crippen LogP contribution in [0.5, 0.6) is 0 Å². The van der Waals surface area contributed by atoms with Crippen molar-refractivity contribution in [3.8, 4) is 0 Å². The summed E-state index contributed by atoms with van der Waals surface area (Å²) in [6.45, 7) is 5.48. The second kappa shape index (κ2) is 9.56. The fourth-order valence-electron chi connectivity index (χ4n) is 1.98. The van der Waals surface area contributed by atoms with Gasteiger partial charge in [0.2, 0.25) is 0 Å². The van der Waals surface area contributed by atoms with Gasteiger partial charge in [-0.3, -0.25) is 4.79 Å². The molecule has 0 heterocycles. The summed E-state index contributed by atoms with van der Waals surface area (Å²) in [6.07, 6.45) is 3.62. The topological polar surface area (TPSA) is 38.3 Å². The van der Waals surface area contributed by atoms with Crippen LogP contribution in [0.1, 0.15) is 51.1 Å². The number of rotatable bonds is 9. The first kappa shape index (κ1) is 15.7. The number of carbonyl (C=O) groups excluding carboxylic acids is 1. The van der Waals surface area contributed by atoms with Gasteiger partial charge in [-0.1, -0.05) is 36.8 Å². The van der Waals surface area contributed by atoms with Crippen LogP contribution < -0.4 is 5.32 Å². The van der Waals surface area contributed by atoms with Gasteiger partial charge in [-0.15, -0.1) is 0 Å². The Bertz CT molecular complexity index is 351. The molecule has 1 aromatic rings. The summed E-state index contributed by atoms with van der Waals surface area (Å²) < 4.78 is 4.89. The molecule has 3 nitrogen and oxygen atoms in total. The first-order chi connectivity index (χ1) is 9.24. The van der Waals surface area contributed by atoms with Gasteiger partial charge in [0.05, 0.1) is 6.61 Å². The SMILES string of the molecule is CCOC(=O)CCCCCN[C@H](C)c1ccccc1. The molecule has 1 rings (SSSR count). The Morgan fingerprint density at radius 3 is 2.63 bits per heavy atom. The van der Waals surface area contributed by atoms with Gasteiger partial charge in [-0.25, -0.2) is 0 Å². The Kier molecular flexibility index (Phi) is 7.91. The van der Waals surface area contributed by atoms with Gasteiger partial charge in [-0.05, 0) is 38.8 Å². The molecule has 0 aromatic heterocycles. The number of unbranched alkanes of at least 4 members (excludes halogenated alkanes) is 2. The lowest BCUT2D eigenvalue weighted by atomic mass is 10.1. The first-order valence-corrected chi connectivity index (χ1v) is 7.18. The molecule has 0 fully saturated rings. The van der Waals surface area contributed by atoms with E-state index < -0.39 is 0 Å². The Morgan fingerprint density at radius 1 is 1.21 bits per heavy atom. The molecule has 19 heavy (non-hydrogen) atoms. The molecule has 0 aliphatic rings. The maximum absolute atomic E-state index is 11.1. The molecule has 0 saturated heterocycles. The van der Waals surface area contributed by atoms with Gasteiger partial charge in [0.15, 0.2) is 0 Å². The van der Waals surface area contributed by atoms with E-state index in [2.05, 4.69) is 36.5 Å². The fraction of sp³-hybridized carbons (Fsp3) is 0.562. The number of benzene rings is 1. The molecule has 0 saturated carbocycles. The lowest BCUT2D eigenvalue weighted by Crippen LogP contribution is -2.19. The van der Waals surface area contributed by atoms with Crippen molar-refractivity contribution >= 4 is 5.97 Å². The maximum atomic E-state index is 11.1. The lowest BCUT2D eigenvalue weighted by Gasteiger charge is -2.13. The molecule has 0 bridgehead atoms. The quantitative estimate of drug-likeness (QED) is 0.547. The smallest absolute Gasteiger partial charge is 0.305 e. The van der Waals surface area contributed by atoms with E-state index in [1.54, 1.807) is 0 Å². The highest BCUT2D eigenvalue weighted by Crippen LogP contribution is 2.11. The molecule has 0 spiro atoms. The molecule has 0 unspecified atom stereocenters. The van der Waals surface area contributed by atoms with Crippen molar-refractivity contribution in [2.75, 3.05) is 13.2 Å². The zero-order chi connectivity index (χ0) is 13.9. The summed E-state index contributed by atoms with van der Waals surface area (Å²) >= 11 is 0. The van der Waals surface area contributed by atoms with Gasteiger partial charge in [0.1, 0.15) is 0 Å². The Morgan fingerprint density at radius 2 is 1.95 bits per heavy atom. The molecule has 0 aliphatic heterocycles. The molecule has 0 amide bonds. The van der Waals surface area contributed by atoms with E-state index in [-0.39, 0.29) is 5.97 Å². The fourth-order valence-corrected chi connectivity index (χ4v) is 1.98. The molecule has 1 atom stereocenters. The van der Waals surface area contributed by atoms with Crippen molar-refractivity contribution in [2.24, 2.45) is 0 Å². The molecule has 3 heteroatoms. The van der Waals surface area contributed by atoms with Crippen molar-refractivity contribution < 1.29 is 9.53 Å². The van der Waals surface area contributed by atoms with Crippen LogP contribution in [0, 0.1) is 0 Å². The number of hydrogen-bond donors (Lipinski definition) is 1. The maximum Gasteiger partial charge on any atom is 0.305 e. The third kappa shape index (κ3) is 6.97. The summed E-state index contributed by atoms with van der Waals surface area (Å²) in [7, 11) is 0. The number of carbonyl (C=O) groups is 1. The second-order valence-corrected chi connectivity index (χ2v) is 4.70. The molecular formula is C16H25NO2. The minimum Gasteiger partial charge on any atom is -0.466 e. The van der Waals surface area contributed by atoms with Crippen LogP contribution in [0.2, 0.25) is 0 Å². The predicted octanol–water partition coefficient (Wildman–Crippen LogP) is 3.46. The van der Waals surface area contributed by atoms with Crippen LogP contribution in [0.3, 0.4) is 0 Å². The normalized spacial score (nSPS) is 12.1. The summed E-state index contributed by atoms with van der Waals surface area (Å²) in [6, 6.07) is 10.8. The standard InChI is InChI=1S/C16H25NO2/c1-3-19-16(18)12-8-5-9-13-17-14(2)15-10-6-4-7-11-15/h4,6-7,10-11,14,17H,3,5,8-9,12-13H2,1-2H3/t14-/m1/s1. The Balaban J connectivity index is 2.03. The highest BCUT2D eigenvalue weighted by atomic mass is 16.5. The van der Waals surface area contributed by atoms with Crippen LogP contribution in [0.15, 0.2) is 30.3 Å². The van der Waals surface area contributed by atoms with E-state index in [4.69, 9.17) is 4.74 Å². The lowest BCUT2D eigenvalue weighted by molar-refractivity contribution is -0.143. The number of nitrogens with one attached hydrogen (secondary N) is 1. The van der Waals surface area contributed by atoms with Crippen molar-refractivity contribution in [3.63, 3.8) is 0 Å². The van der Waals surface area contributed by atoms with Crippen LogP contribution in [-0.4, -0.2) is 19.1 Å². The highest BCUT2D eigenvalue weighted by molar-refractivity contribution is 5.69. The monoisotopic (exact) mass is 263 g/mol. The zero-order valence-electron chi connectivity index (χ0n) is 12.0. The van der Waals surface area contributed by atoms with E-state index in [1.165, 1.54) is 5.56 Å². The van der Waals surface area contributed by atoms with Crippen molar-refractivity contribution in [2.45, 2.75) is 45.6 Å². The van der Waals surface area contributed by atoms with E-state index in [0.29, 0.717) is 19.1 Å². The van der Waals surface area contributed by atoms with Crippen LogP contribution in [0.4, 0.5) is 0 Å². The number of esters is 1. The van der Waals surface area contributed by atoms with Crippen molar-refractivity contribution in [1.29, 1.82) is 0 Å². The largest absolute Gasteiger partial charge is 0.466 e. The Hall–Kier alpha value is -1.35. The Labute approximate surface area is 116 Å². The molecular weight excluding hydrogens is 238 g/mol. The predicted molar refractivity (Wildman–Crippen MR) is 78.0 cm³/mol. The van der Waals surface area contributed by atoms with Crippen molar-refractivity contribution in [3.05, 3.63) is 35.9 Å². The van der Waals surface area contributed by atoms with E-state index in [0.717, 1.165) is 25.8 Å². The summed E-state index contributed by atoms with van der Waals surface area (Å²) in [5.41, 5.74) is 1.31. The van der Waals surface area contributed by atoms with Gasteiger partial charge in [0.25, 0.3) is 0 Å². The van der Waals surface area contributed by atoms with E-state index >= 15 is 0 Å². The third-order valence-electron chi connectivity index (χ3n) is 3.11. The molecule has 1 N–H and O–H groups in total. The molecule has 0 radical (unpaired) electrons. The van der Waals surface area contributed by atoms with Crippen molar-refractivity contribution in [1.82, 2.24) is 5.32 Å². The summed E-state index contributed by atoms with van der Waals surface area (Å²) in [4.78, 5) is 11.1. The van der Waals surface area contributed by atoms with Crippen LogP contribution >= 0.6 is 0 Å². The second-order valence-electron chi connectivity index (χ2n) is 4.70. The summed E-state index contributed by atoms with van der Waals surface area (Å²) in [5, 5.41) is 3.50. The van der Waals surface area contributed by atoms with E-state index in [9.17, 15) is 4.79 Å². The summed E-state index contributed by atoms with van der Waals surface area (Å²) in [5.74, 6) is -0.0758.